The van der Waals surface area contributed by atoms with Gasteiger partial charge in [0.15, 0.2) is 11.5 Å². The highest BCUT2D eigenvalue weighted by Crippen LogP contribution is 2.38. The van der Waals surface area contributed by atoms with Crippen molar-refractivity contribution in [2.75, 3.05) is 13.2 Å². The summed E-state index contributed by atoms with van der Waals surface area (Å²) in [5.41, 5.74) is 1.04. The Labute approximate surface area is 171 Å². The quantitative estimate of drug-likeness (QED) is 0.351. The Morgan fingerprint density at radius 3 is 2.79 bits per heavy atom. The van der Waals surface area contributed by atoms with E-state index in [4.69, 9.17) is 9.47 Å². The second-order valence-corrected chi connectivity index (χ2v) is 8.72. The van der Waals surface area contributed by atoms with Crippen LogP contribution >= 0.6 is 23.1 Å². The van der Waals surface area contributed by atoms with Crippen molar-refractivity contribution in [2.45, 2.75) is 23.5 Å². The zero-order chi connectivity index (χ0) is 19.5. The molecule has 1 atom stereocenters. The summed E-state index contributed by atoms with van der Waals surface area (Å²) >= 11 is 2.86. The minimum Gasteiger partial charge on any atom is -0.510 e. The van der Waals surface area contributed by atoms with Crippen molar-refractivity contribution in [3.63, 3.8) is 0 Å². The number of allylic oxidation sites excluding steroid dienone is 1. The molecule has 0 bridgehead atoms. The van der Waals surface area contributed by atoms with Crippen LogP contribution in [-0.2, 0) is 0 Å². The lowest BCUT2D eigenvalue weighted by Crippen LogP contribution is -2.04. The first-order chi connectivity index (χ1) is 13.7. The SMILES string of the molecule is CC(Sc1ccc2c(c1)OCCCO2)C(O)=C(C#N)c1nc2ccccc2s1. The molecule has 0 aliphatic carbocycles. The third-order valence-electron chi connectivity index (χ3n) is 4.29. The Kier molecular flexibility index (Phi) is 5.42. The van der Waals surface area contributed by atoms with Crippen LogP contribution in [0.25, 0.3) is 15.8 Å². The van der Waals surface area contributed by atoms with Gasteiger partial charge in [-0.25, -0.2) is 4.98 Å². The maximum atomic E-state index is 10.7. The maximum absolute atomic E-state index is 10.7. The van der Waals surface area contributed by atoms with E-state index in [1.807, 2.05) is 49.4 Å². The molecular weight excluding hydrogens is 392 g/mol. The molecule has 0 radical (unpaired) electrons. The summed E-state index contributed by atoms with van der Waals surface area (Å²) in [6.45, 7) is 3.14. The van der Waals surface area contributed by atoms with Gasteiger partial charge in [-0.15, -0.1) is 23.1 Å². The Morgan fingerprint density at radius 1 is 1.21 bits per heavy atom. The van der Waals surface area contributed by atoms with E-state index in [0.29, 0.717) is 24.0 Å². The van der Waals surface area contributed by atoms with Crippen molar-refractivity contribution in [3.8, 4) is 17.6 Å². The molecule has 1 N–H and O–H groups in total. The molecule has 1 aliphatic rings. The van der Waals surface area contributed by atoms with Gasteiger partial charge in [0.25, 0.3) is 0 Å². The predicted octanol–water partition coefficient (Wildman–Crippen LogP) is 5.43. The van der Waals surface area contributed by atoms with Crippen LogP contribution in [0.1, 0.15) is 18.4 Å². The molecule has 3 aromatic rings. The van der Waals surface area contributed by atoms with E-state index >= 15 is 0 Å². The number of fused-ring (bicyclic) bond motifs is 2. The zero-order valence-electron chi connectivity index (χ0n) is 15.2. The summed E-state index contributed by atoms with van der Waals surface area (Å²) in [7, 11) is 0. The number of rotatable bonds is 4. The topological polar surface area (TPSA) is 75.4 Å². The first-order valence-corrected chi connectivity index (χ1v) is 10.6. The van der Waals surface area contributed by atoms with Gasteiger partial charge in [0.1, 0.15) is 22.4 Å². The fourth-order valence-electron chi connectivity index (χ4n) is 2.87. The highest BCUT2D eigenvalue weighted by Gasteiger charge is 2.20. The molecule has 1 unspecified atom stereocenters. The predicted molar refractivity (Wildman–Crippen MR) is 112 cm³/mol. The van der Waals surface area contributed by atoms with Crippen molar-refractivity contribution in [1.82, 2.24) is 4.98 Å². The van der Waals surface area contributed by atoms with E-state index in [1.54, 1.807) is 0 Å². The number of aliphatic hydroxyl groups is 1. The van der Waals surface area contributed by atoms with Crippen LogP contribution in [0, 0.1) is 11.3 Å². The molecule has 2 aromatic carbocycles. The Morgan fingerprint density at radius 2 is 2.00 bits per heavy atom. The van der Waals surface area contributed by atoms with Gasteiger partial charge in [0.05, 0.1) is 28.7 Å². The lowest BCUT2D eigenvalue weighted by Gasteiger charge is -2.14. The van der Waals surface area contributed by atoms with Crippen LogP contribution < -0.4 is 9.47 Å². The number of thioether (sulfide) groups is 1. The second kappa shape index (κ2) is 8.13. The first kappa shape index (κ1) is 18.7. The molecule has 7 heteroatoms. The van der Waals surface area contributed by atoms with Crippen LogP contribution in [0.4, 0.5) is 0 Å². The van der Waals surface area contributed by atoms with Gasteiger partial charge in [0.2, 0.25) is 0 Å². The normalized spacial score (nSPS) is 15.4. The summed E-state index contributed by atoms with van der Waals surface area (Å²) in [6, 6.07) is 15.6. The molecule has 4 rings (SSSR count). The monoisotopic (exact) mass is 410 g/mol. The van der Waals surface area contributed by atoms with Gasteiger partial charge < -0.3 is 14.6 Å². The number of benzene rings is 2. The molecule has 28 heavy (non-hydrogen) atoms. The van der Waals surface area contributed by atoms with Gasteiger partial charge in [0, 0.05) is 11.3 Å². The summed E-state index contributed by atoms with van der Waals surface area (Å²) in [5, 5.41) is 20.6. The van der Waals surface area contributed by atoms with E-state index in [1.165, 1.54) is 23.1 Å². The third-order valence-corrected chi connectivity index (χ3v) is 6.45. The molecule has 1 aromatic heterocycles. The average molecular weight is 411 g/mol. The highest BCUT2D eigenvalue weighted by atomic mass is 32.2. The molecular formula is C21H18N2O3S2. The zero-order valence-corrected chi connectivity index (χ0v) is 16.8. The van der Waals surface area contributed by atoms with E-state index in [-0.39, 0.29) is 16.6 Å². The standard InChI is InChI=1S/C21H18N2O3S2/c1-13(27-14-7-8-17-18(11-14)26-10-4-9-25-17)20(24)15(12-22)21-23-16-5-2-3-6-19(16)28-21/h2-3,5-8,11,13,24H,4,9-10H2,1H3. The molecule has 0 spiro atoms. The van der Waals surface area contributed by atoms with Crippen molar-refractivity contribution >= 4 is 38.9 Å². The maximum Gasteiger partial charge on any atom is 0.162 e. The Balaban J connectivity index is 1.60. The molecule has 0 saturated carbocycles. The van der Waals surface area contributed by atoms with E-state index in [2.05, 4.69) is 11.1 Å². The number of nitrogens with zero attached hydrogens (tertiary/aromatic N) is 2. The van der Waals surface area contributed by atoms with Gasteiger partial charge in [-0.2, -0.15) is 5.26 Å². The summed E-state index contributed by atoms with van der Waals surface area (Å²) < 4.78 is 12.4. The Bertz CT molecular complexity index is 1050. The molecule has 5 nitrogen and oxygen atoms in total. The van der Waals surface area contributed by atoms with Gasteiger partial charge in [-0.1, -0.05) is 12.1 Å². The smallest absolute Gasteiger partial charge is 0.162 e. The van der Waals surface area contributed by atoms with Crippen LogP contribution in [0.15, 0.2) is 53.1 Å². The largest absolute Gasteiger partial charge is 0.510 e. The van der Waals surface area contributed by atoms with E-state index in [0.717, 1.165) is 27.3 Å². The molecule has 142 valence electrons. The number of ether oxygens (including phenoxy) is 2. The first-order valence-electron chi connectivity index (χ1n) is 8.91. The second-order valence-electron chi connectivity index (χ2n) is 6.28. The number of thiazole rings is 1. The fourth-order valence-corrected chi connectivity index (χ4v) is 4.80. The van der Waals surface area contributed by atoms with Crippen molar-refractivity contribution < 1.29 is 14.6 Å². The number of nitriles is 1. The summed E-state index contributed by atoms with van der Waals surface area (Å²) in [4.78, 5) is 5.43. The van der Waals surface area contributed by atoms with E-state index in [9.17, 15) is 10.4 Å². The van der Waals surface area contributed by atoms with Gasteiger partial charge in [-0.05, 0) is 37.3 Å². The molecule has 0 saturated heterocycles. The number of aliphatic hydroxyl groups excluding tert-OH is 1. The van der Waals surface area contributed by atoms with Crippen molar-refractivity contribution in [2.24, 2.45) is 0 Å². The number of para-hydroxylation sites is 1. The van der Waals surface area contributed by atoms with Crippen LogP contribution in [0.2, 0.25) is 0 Å². The number of hydrogen-bond acceptors (Lipinski definition) is 7. The number of hydrogen-bond donors (Lipinski definition) is 1. The molecule has 2 heterocycles. The van der Waals surface area contributed by atoms with Gasteiger partial charge in [-0.3, -0.25) is 0 Å². The molecule has 1 aliphatic heterocycles. The van der Waals surface area contributed by atoms with Crippen LogP contribution in [0.3, 0.4) is 0 Å². The molecule has 0 amide bonds. The lowest BCUT2D eigenvalue weighted by molar-refractivity contribution is 0.297. The number of aromatic nitrogens is 1. The van der Waals surface area contributed by atoms with Crippen molar-refractivity contribution in [3.05, 3.63) is 53.2 Å². The minimum absolute atomic E-state index is 0.0265. The average Bonchev–Trinajstić information content (AvgIpc) is 2.99. The third kappa shape index (κ3) is 3.79. The summed E-state index contributed by atoms with van der Waals surface area (Å²) in [6.07, 6.45) is 0.852. The van der Waals surface area contributed by atoms with E-state index < -0.39 is 0 Å². The minimum atomic E-state index is -0.314. The van der Waals surface area contributed by atoms with Crippen LogP contribution in [0.5, 0.6) is 11.5 Å². The Hall–Kier alpha value is -2.69. The summed E-state index contributed by atoms with van der Waals surface area (Å²) in [5.74, 6) is 1.48. The molecule has 0 fully saturated rings. The fraction of sp³-hybridized carbons (Fsp3) is 0.238. The lowest BCUT2D eigenvalue weighted by atomic mass is 10.2. The van der Waals surface area contributed by atoms with Gasteiger partial charge >= 0.3 is 0 Å². The van der Waals surface area contributed by atoms with Crippen LogP contribution in [-0.4, -0.2) is 28.6 Å². The highest BCUT2D eigenvalue weighted by molar-refractivity contribution is 8.00. The van der Waals surface area contributed by atoms with Crippen molar-refractivity contribution in [1.29, 1.82) is 5.26 Å².